The average molecular weight is 355 g/mol. The minimum absolute atomic E-state index is 0.204. The SMILES string of the molecule is CCOC(=O)/C(N)=N/N1CCC(c2cn3cc(C4CC4)ccc3n2)C1=O. The highest BCUT2D eigenvalue weighted by molar-refractivity contribution is 6.34. The molecule has 4 rings (SSSR count). The van der Waals surface area contributed by atoms with E-state index in [0.29, 0.717) is 18.9 Å². The van der Waals surface area contributed by atoms with Crippen LogP contribution in [0, 0.1) is 0 Å². The third-order valence-electron chi connectivity index (χ3n) is 4.79. The molecule has 2 aromatic heterocycles. The Balaban J connectivity index is 1.53. The van der Waals surface area contributed by atoms with Crippen LogP contribution in [0.4, 0.5) is 0 Å². The molecular formula is C18H21N5O3. The van der Waals surface area contributed by atoms with Gasteiger partial charge in [0.25, 0.3) is 5.91 Å². The molecule has 1 amide bonds. The maximum absolute atomic E-state index is 12.6. The van der Waals surface area contributed by atoms with Crippen LogP contribution in [0.25, 0.3) is 5.65 Å². The summed E-state index contributed by atoms with van der Waals surface area (Å²) in [7, 11) is 0. The molecule has 0 aromatic carbocycles. The van der Waals surface area contributed by atoms with E-state index in [4.69, 9.17) is 10.5 Å². The standard InChI is InChI=1S/C18H21N5O3/c1-2-26-18(25)16(19)21-23-8-7-13(17(23)24)14-10-22-9-12(11-3-4-11)5-6-15(22)20-14/h5-6,9-11,13H,2-4,7-8H2,1H3,(H2,19,21). The number of hydrogen-bond acceptors (Lipinski definition) is 5. The van der Waals surface area contributed by atoms with Gasteiger partial charge in [0, 0.05) is 18.9 Å². The molecule has 0 spiro atoms. The Hall–Kier alpha value is -2.90. The molecule has 8 heteroatoms. The molecule has 1 atom stereocenters. The van der Waals surface area contributed by atoms with Gasteiger partial charge >= 0.3 is 5.97 Å². The molecule has 2 N–H and O–H groups in total. The number of hydrazone groups is 1. The first-order chi connectivity index (χ1) is 12.6. The van der Waals surface area contributed by atoms with Crippen LogP contribution in [0.5, 0.6) is 0 Å². The van der Waals surface area contributed by atoms with Gasteiger partial charge in [-0.05, 0) is 43.7 Å². The molecule has 2 aromatic rings. The van der Waals surface area contributed by atoms with E-state index in [1.165, 1.54) is 23.4 Å². The predicted molar refractivity (Wildman–Crippen MR) is 94.5 cm³/mol. The van der Waals surface area contributed by atoms with Crippen LogP contribution in [0.15, 0.2) is 29.6 Å². The van der Waals surface area contributed by atoms with Crippen molar-refractivity contribution >= 4 is 23.4 Å². The number of rotatable bonds is 4. The van der Waals surface area contributed by atoms with Gasteiger partial charge in [-0.25, -0.2) is 14.8 Å². The summed E-state index contributed by atoms with van der Waals surface area (Å²) < 4.78 is 6.77. The molecule has 1 aliphatic carbocycles. The topological polar surface area (TPSA) is 102 Å². The van der Waals surface area contributed by atoms with Crippen molar-refractivity contribution < 1.29 is 14.3 Å². The Morgan fingerprint density at radius 3 is 2.88 bits per heavy atom. The van der Waals surface area contributed by atoms with Gasteiger partial charge in [0.05, 0.1) is 18.2 Å². The van der Waals surface area contributed by atoms with Crippen LogP contribution in [-0.4, -0.2) is 45.3 Å². The number of carbonyl (C=O) groups excluding carboxylic acids is 2. The van der Waals surface area contributed by atoms with Gasteiger partial charge in [-0.1, -0.05) is 6.07 Å². The van der Waals surface area contributed by atoms with Crippen molar-refractivity contribution in [2.24, 2.45) is 10.8 Å². The zero-order valence-corrected chi connectivity index (χ0v) is 14.6. The lowest BCUT2D eigenvalue weighted by Crippen LogP contribution is -2.32. The molecule has 136 valence electrons. The first-order valence-corrected chi connectivity index (χ1v) is 8.88. The fraction of sp³-hybridized carbons (Fsp3) is 0.444. The molecule has 2 aliphatic rings. The molecule has 1 saturated heterocycles. The Kier molecular flexibility index (Phi) is 4.10. The van der Waals surface area contributed by atoms with Gasteiger partial charge < -0.3 is 14.9 Å². The Bertz CT molecular complexity index is 899. The number of ether oxygens (including phenoxy) is 1. The zero-order valence-electron chi connectivity index (χ0n) is 14.6. The highest BCUT2D eigenvalue weighted by Gasteiger charge is 2.35. The molecular weight excluding hydrogens is 334 g/mol. The summed E-state index contributed by atoms with van der Waals surface area (Å²) >= 11 is 0. The van der Waals surface area contributed by atoms with Crippen LogP contribution in [-0.2, 0) is 14.3 Å². The van der Waals surface area contributed by atoms with Gasteiger partial charge in [-0.3, -0.25) is 4.79 Å². The van der Waals surface area contributed by atoms with Gasteiger partial charge in [0.2, 0.25) is 5.84 Å². The van der Waals surface area contributed by atoms with E-state index in [0.717, 1.165) is 11.3 Å². The van der Waals surface area contributed by atoms with Gasteiger partial charge in [0.15, 0.2) is 0 Å². The molecule has 0 radical (unpaired) electrons. The molecule has 1 unspecified atom stereocenters. The molecule has 3 heterocycles. The van der Waals surface area contributed by atoms with Crippen molar-refractivity contribution in [2.75, 3.05) is 13.2 Å². The fourth-order valence-corrected chi connectivity index (χ4v) is 3.27. The number of fused-ring (bicyclic) bond motifs is 1. The minimum Gasteiger partial charge on any atom is -0.460 e. The summed E-state index contributed by atoms with van der Waals surface area (Å²) in [6.45, 7) is 2.28. The third-order valence-corrected chi connectivity index (χ3v) is 4.79. The third kappa shape index (κ3) is 3.02. The summed E-state index contributed by atoms with van der Waals surface area (Å²) in [4.78, 5) is 28.8. The lowest BCUT2D eigenvalue weighted by Gasteiger charge is -2.10. The van der Waals surface area contributed by atoms with Gasteiger partial charge in [-0.15, -0.1) is 5.10 Å². The van der Waals surface area contributed by atoms with E-state index in [1.807, 2.05) is 16.7 Å². The van der Waals surface area contributed by atoms with E-state index < -0.39 is 5.97 Å². The largest absolute Gasteiger partial charge is 0.460 e. The van der Waals surface area contributed by atoms with E-state index in [-0.39, 0.29) is 24.3 Å². The van der Waals surface area contributed by atoms with Gasteiger partial charge in [0.1, 0.15) is 5.65 Å². The van der Waals surface area contributed by atoms with Crippen molar-refractivity contribution in [3.63, 3.8) is 0 Å². The lowest BCUT2D eigenvalue weighted by molar-refractivity contribution is -0.135. The summed E-state index contributed by atoms with van der Waals surface area (Å²) in [6.07, 6.45) is 7.06. The molecule has 0 bridgehead atoms. The molecule has 8 nitrogen and oxygen atoms in total. The number of amidine groups is 1. The number of imidazole rings is 1. The van der Waals surface area contributed by atoms with Crippen LogP contribution in [0.2, 0.25) is 0 Å². The van der Waals surface area contributed by atoms with Crippen molar-refractivity contribution in [3.05, 3.63) is 35.8 Å². The zero-order chi connectivity index (χ0) is 18.3. The van der Waals surface area contributed by atoms with Crippen LogP contribution in [0.1, 0.15) is 49.3 Å². The van der Waals surface area contributed by atoms with Crippen LogP contribution >= 0.6 is 0 Å². The van der Waals surface area contributed by atoms with Crippen molar-refractivity contribution in [1.29, 1.82) is 0 Å². The summed E-state index contributed by atoms with van der Waals surface area (Å²) in [5.41, 5.74) is 8.46. The minimum atomic E-state index is -0.718. The number of nitrogens with zero attached hydrogens (tertiary/aromatic N) is 4. The Morgan fingerprint density at radius 1 is 1.35 bits per heavy atom. The first kappa shape index (κ1) is 16.6. The van der Waals surface area contributed by atoms with Gasteiger partial charge in [-0.2, -0.15) is 0 Å². The molecule has 2 fully saturated rings. The van der Waals surface area contributed by atoms with Crippen molar-refractivity contribution in [1.82, 2.24) is 14.4 Å². The summed E-state index contributed by atoms with van der Waals surface area (Å²) in [6, 6.07) is 4.10. The second-order valence-electron chi connectivity index (χ2n) is 6.68. The lowest BCUT2D eigenvalue weighted by atomic mass is 10.1. The maximum Gasteiger partial charge on any atom is 0.375 e. The highest BCUT2D eigenvalue weighted by Crippen LogP contribution is 2.40. The van der Waals surface area contributed by atoms with Crippen LogP contribution < -0.4 is 5.73 Å². The number of aromatic nitrogens is 2. The predicted octanol–water partition coefficient (Wildman–Crippen LogP) is 1.36. The highest BCUT2D eigenvalue weighted by atomic mass is 16.5. The number of nitrogens with two attached hydrogens (primary N) is 1. The summed E-state index contributed by atoms with van der Waals surface area (Å²) in [5, 5.41) is 5.15. The number of pyridine rings is 1. The molecule has 1 aliphatic heterocycles. The smallest absolute Gasteiger partial charge is 0.375 e. The van der Waals surface area contributed by atoms with E-state index in [2.05, 4.69) is 22.3 Å². The summed E-state index contributed by atoms with van der Waals surface area (Å²) in [5.74, 6) is -0.954. The second kappa shape index (κ2) is 6.44. The average Bonchev–Trinajstić information content (AvgIpc) is 3.30. The second-order valence-corrected chi connectivity index (χ2v) is 6.68. The van der Waals surface area contributed by atoms with E-state index in [9.17, 15) is 9.59 Å². The number of amides is 1. The molecule has 1 saturated carbocycles. The molecule has 26 heavy (non-hydrogen) atoms. The van der Waals surface area contributed by atoms with Crippen molar-refractivity contribution in [3.8, 4) is 0 Å². The first-order valence-electron chi connectivity index (χ1n) is 8.88. The quantitative estimate of drug-likeness (QED) is 0.507. The number of hydrogen-bond donors (Lipinski definition) is 1. The monoisotopic (exact) mass is 355 g/mol. The Morgan fingerprint density at radius 2 is 2.15 bits per heavy atom. The van der Waals surface area contributed by atoms with Crippen molar-refractivity contribution in [2.45, 2.75) is 38.0 Å². The number of esters is 1. The van der Waals surface area contributed by atoms with E-state index in [1.54, 1.807) is 6.92 Å². The van der Waals surface area contributed by atoms with E-state index >= 15 is 0 Å². The Labute approximate surface area is 150 Å². The van der Waals surface area contributed by atoms with Crippen LogP contribution in [0.3, 0.4) is 0 Å². The number of carbonyl (C=O) groups is 2. The maximum atomic E-state index is 12.6. The normalized spacial score (nSPS) is 20.8. The fourth-order valence-electron chi connectivity index (χ4n) is 3.27.